The maximum atomic E-state index is 10.7. The lowest BCUT2D eigenvalue weighted by molar-refractivity contribution is -0.116. The Morgan fingerprint density at radius 2 is 2.18 bits per heavy atom. The normalized spacial score (nSPS) is 10.1. The van der Waals surface area contributed by atoms with Crippen molar-refractivity contribution in [3.8, 4) is 0 Å². The van der Waals surface area contributed by atoms with Gasteiger partial charge >= 0.3 is 0 Å². The highest BCUT2D eigenvalue weighted by molar-refractivity contribution is 5.77. The quantitative estimate of drug-likeness (QED) is 0.612. The molecule has 0 fully saturated rings. The number of ketones is 1. The topological polar surface area (TPSA) is 47.8 Å². The molecule has 0 saturated heterocycles. The third kappa shape index (κ3) is 1.63. The number of hydrogen-bond donors (Lipinski definition) is 0. The number of carbonyl (C=O) groups is 1. The van der Waals surface area contributed by atoms with Gasteiger partial charge in [0.2, 0.25) is 0 Å². The van der Waals surface area contributed by atoms with Crippen molar-refractivity contribution in [2.75, 3.05) is 0 Å². The molecule has 0 aliphatic heterocycles. The Hall–Kier alpha value is -1.19. The summed E-state index contributed by atoms with van der Waals surface area (Å²) in [6.07, 6.45) is 0.372. The van der Waals surface area contributed by atoms with Crippen molar-refractivity contribution in [3.63, 3.8) is 0 Å². The van der Waals surface area contributed by atoms with E-state index in [0.29, 0.717) is 6.42 Å². The van der Waals surface area contributed by atoms with Crippen LogP contribution in [0.2, 0.25) is 0 Å². The molecule has 0 atom stereocenters. The molecule has 0 spiro atoms. The van der Waals surface area contributed by atoms with E-state index in [2.05, 4.69) is 10.2 Å². The van der Waals surface area contributed by atoms with E-state index in [1.54, 1.807) is 6.92 Å². The van der Waals surface area contributed by atoms with Gasteiger partial charge in [0.1, 0.15) is 17.4 Å². The number of aromatic nitrogens is 3. The fourth-order valence-corrected chi connectivity index (χ4v) is 0.828. The predicted octanol–water partition coefficient (Wildman–Crippen LogP) is 0.255. The summed E-state index contributed by atoms with van der Waals surface area (Å²) in [4.78, 5) is 10.7. The van der Waals surface area contributed by atoms with Gasteiger partial charge in [-0.1, -0.05) is 0 Å². The van der Waals surface area contributed by atoms with Crippen LogP contribution in [0.5, 0.6) is 0 Å². The Labute approximate surface area is 65.2 Å². The lowest BCUT2D eigenvalue weighted by Gasteiger charge is -1.96. The van der Waals surface area contributed by atoms with Crippen LogP contribution in [0.3, 0.4) is 0 Å². The van der Waals surface area contributed by atoms with Crippen LogP contribution in [0.15, 0.2) is 0 Å². The zero-order valence-electron chi connectivity index (χ0n) is 6.96. The van der Waals surface area contributed by atoms with Crippen LogP contribution < -0.4 is 0 Å². The Kier molecular flexibility index (Phi) is 2.03. The van der Waals surface area contributed by atoms with Crippen molar-refractivity contribution in [1.29, 1.82) is 0 Å². The first-order valence-corrected chi connectivity index (χ1v) is 3.45. The molecule has 60 valence electrons. The molecule has 0 bridgehead atoms. The third-order valence-electron chi connectivity index (χ3n) is 1.59. The van der Waals surface area contributed by atoms with E-state index in [4.69, 9.17) is 0 Å². The van der Waals surface area contributed by atoms with Crippen molar-refractivity contribution in [1.82, 2.24) is 14.8 Å². The fourth-order valence-electron chi connectivity index (χ4n) is 0.828. The van der Waals surface area contributed by atoms with Crippen molar-refractivity contribution in [3.05, 3.63) is 11.6 Å². The fraction of sp³-hybridized carbons (Fsp3) is 0.571. The molecule has 1 aromatic rings. The van der Waals surface area contributed by atoms with Gasteiger partial charge in [0.15, 0.2) is 0 Å². The van der Waals surface area contributed by atoms with Gasteiger partial charge in [-0.05, 0) is 13.8 Å². The minimum absolute atomic E-state index is 0.112. The number of carbonyl (C=O) groups excluding carboxylic acids is 1. The Bertz CT molecular complexity index is 277. The maximum Gasteiger partial charge on any atom is 0.140 e. The van der Waals surface area contributed by atoms with E-state index in [-0.39, 0.29) is 5.78 Å². The van der Waals surface area contributed by atoms with E-state index in [0.717, 1.165) is 11.6 Å². The zero-order valence-corrected chi connectivity index (χ0v) is 6.96. The van der Waals surface area contributed by atoms with Crippen LogP contribution >= 0.6 is 0 Å². The molecular formula is C7H11N3O. The molecule has 0 aromatic carbocycles. The standard InChI is InChI=1S/C7H11N3O/c1-5(11)4-7-9-8-6(2)10(7)3/h4H2,1-3H3. The van der Waals surface area contributed by atoms with Gasteiger partial charge in [-0.15, -0.1) is 10.2 Å². The largest absolute Gasteiger partial charge is 0.318 e. The van der Waals surface area contributed by atoms with Gasteiger partial charge in [0, 0.05) is 7.05 Å². The molecule has 0 saturated carbocycles. The molecule has 1 rings (SSSR count). The van der Waals surface area contributed by atoms with Crippen LogP contribution in [-0.4, -0.2) is 20.5 Å². The summed E-state index contributed by atoms with van der Waals surface area (Å²) < 4.78 is 1.82. The molecule has 0 radical (unpaired) electrons. The Morgan fingerprint density at radius 1 is 1.55 bits per heavy atom. The Morgan fingerprint density at radius 3 is 2.55 bits per heavy atom. The molecule has 4 nitrogen and oxygen atoms in total. The molecule has 1 aromatic heterocycles. The van der Waals surface area contributed by atoms with Gasteiger partial charge in [-0.2, -0.15) is 0 Å². The van der Waals surface area contributed by atoms with E-state index >= 15 is 0 Å². The summed E-state index contributed by atoms with van der Waals surface area (Å²) in [5, 5.41) is 7.68. The first-order chi connectivity index (χ1) is 5.11. The van der Waals surface area contributed by atoms with Gasteiger partial charge in [-0.3, -0.25) is 4.79 Å². The number of hydrogen-bond acceptors (Lipinski definition) is 3. The van der Waals surface area contributed by atoms with Crippen molar-refractivity contribution < 1.29 is 4.79 Å². The molecule has 0 N–H and O–H groups in total. The summed E-state index contributed by atoms with van der Waals surface area (Å²) >= 11 is 0. The second kappa shape index (κ2) is 2.82. The van der Waals surface area contributed by atoms with E-state index < -0.39 is 0 Å². The average molecular weight is 153 g/mol. The van der Waals surface area contributed by atoms with Gasteiger partial charge in [-0.25, -0.2) is 0 Å². The number of rotatable bonds is 2. The van der Waals surface area contributed by atoms with Crippen LogP contribution in [-0.2, 0) is 18.3 Å². The second-order valence-corrected chi connectivity index (χ2v) is 2.60. The van der Waals surface area contributed by atoms with Crippen LogP contribution in [0.25, 0.3) is 0 Å². The lowest BCUT2D eigenvalue weighted by atomic mass is 10.3. The van der Waals surface area contributed by atoms with Crippen LogP contribution in [0.1, 0.15) is 18.6 Å². The third-order valence-corrected chi connectivity index (χ3v) is 1.59. The summed E-state index contributed by atoms with van der Waals surface area (Å²) in [5.74, 6) is 1.68. The summed E-state index contributed by atoms with van der Waals surface area (Å²) in [6.45, 7) is 3.40. The van der Waals surface area contributed by atoms with E-state index in [1.165, 1.54) is 0 Å². The molecule has 0 amide bonds. The molecule has 0 unspecified atom stereocenters. The molecule has 0 aliphatic rings. The lowest BCUT2D eigenvalue weighted by Crippen LogP contribution is -2.04. The van der Waals surface area contributed by atoms with Gasteiger partial charge < -0.3 is 4.57 Å². The summed E-state index contributed by atoms with van der Waals surface area (Å²) in [6, 6.07) is 0. The van der Waals surface area contributed by atoms with E-state index in [1.807, 2.05) is 18.5 Å². The van der Waals surface area contributed by atoms with Crippen LogP contribution in [0, 0.1) is 6.92 Å². The van der Waals surface area contributed by atoms with Gasteiger partial charge in [0.05, 0.1) is 6.42 Å². The predicted molar refractivity (Wildman–Crippen MR) is 40.1 cm³/mol. The monoisotopic (exact) mass is 153 g/mol. The molecule has 0 aliphatic carbocycles. The average Bonchev–Trinajstić information content (AvgIpc) is 2.18. The maximum absolute atomic E-state index is 10.7. The molecule has 4 heteroatoms. The van der Waals surface area contributed by atoms with Crippen molar-refractivity contribution in [2.45, 2.75) is 20.3 Å². The van der Waals surface area contributed by atoms with E-state index in [9.17, 15) is 4.79 Å². The van der Waals surface area contributed by atoms with Crippen LogP contribution in [0.4, 0.5) is 0 Å². The minimum atomic E-state index is 0.112. The highest BCUT2D eigenvalue weighted by Gasteiger charge is 2.05. The minimum Gasteiger partial charge on any atom is -0.318 e. The highest BCUT2D eigenvalue weighted by Crippen LogP contribution is 1.98. The van der Waals surface area contributed by atoms with Crippen molar-refractivity contribution in [2.24, 2.45) is 7.05 Å². The summed E-state index contributed by atoms with van der Waals surface area (Å²) in [5.41, 5.74) is 0. The number of aryl methyl sites for hydroxylation is 1. The summed E-state index contributed by atoms with van der Waals surface area (Å²) in [7, 11) is 1.85. The first-order valence-electron chi connectivity index (χ1n) is 3.45. The highest BCUT2D eigenvalue weighted by atomic mass is 16.1. The smallest absolute Gasteiger partial charge is 0.140 e. The van der Waals surface area contributed by atoms with Crippen molar-refractivity contribution >= 4 is 5.78 Å². The zero-order chi connectivity index (χ0) is 8.43. The molecule has 11 heavy (non-hydrogen) atoms. The SMILES string of the molecule is CC(=O)Cc1nnc(C)n1C. The molecular weight excluding hydrogens is 142 g/mol. The number of Topliss-reactive ketones (excluding diaryl/α,β-unsaturated/α-hetero) is 1. The number of nitrogens with zero attached hydrogens (tertiary/aromatic N) is 3. The molecule has 1 heterocycles. The second-order valence-electron chi connectivity index (χ2n) is 2.60. The van der Waals surface area contributed by atoms with Gasteiger partial charge in [0.25, 0.3) is 0 Å². The Balaban J connectivity index is 2.87. The first kappa shape index (κ1) is 7.91.